The molecule has 4 nitrogen and oxygen atoms in total. The summed E-state index contributed by atoms with van der Waals surface area (Å²) in [6.45, 7) is 2.25. The van der Waals surface area contributed by atoms with E-state index >= 15 is 0 Å². The van der Waals surface area contributed by atoms with Crippen LogP contribution >= 0.6 is 23.2 Å². The number of nitrogens with zero attached hydrogens (tertiary/aromatic N) is 1. The summed E-state index contributed by atoms with van der Waals surface area (Å²) in [7, 11) is 0. The van der Waals surface area contributed by atoms with Gasteiger partial charge in [-0.3, -0.25) is 4.79 Å². The van der Waals surface area contributed by atoms with Gasteiger partial charge < -0.3 is 14.4 Å². The smallest absolute Gasteiger partial charge is 0.233 e. The van der Waals surface area contributed by atoms with Crippen LogP contribution in [0.25, 0.3) is 0 Å². The Morgan fingerprint density at radius 1 is 1.07 bits per heavy atom. The van der Waals surface area contributed by atoms with Crippen LogP contribution in [-0.4, -0.2) is 43.7 Å². The van der Waals surface area contributed by atoms with Crippen LogP contribution in [0.1, 0.15) is 30.1 Å². The molecule has 0 aromatic heterocycles. The molecule has 2 heterocycles. The van der Waals surface area contributed by atoms with Gasteiger partial charge in [-0.1, -0.05) is 53.5 Å². The van der Waals surface area contributed by atoms with E-state index in [4.69, 9.17) is 32.7 Å². The number of morpholine rings is 1. The normalized spacial score (nSPS) is 21.8. The predicted octanol–water partition coefficient (Wildman–Crippen LogP) is 4.78. The van der Waals surface area contributed by atoms with Crippen LogP contribution in [0, 0.1) is 5.82 Å². The second-order valence-electron chi connectivity index (χ2n) is 7.46. The van der Waals surface area contributed by atoms with E-state index in [-0.39, 0.29) is 10.9 Å². The number of hydrogen-bond donors (Lipinski definition) is 0. The maximum Gasteiger partial charge on any atom is 0.233 e. The van der Waals surface area contributed by atoms with E-state index in [1.54, 1.807) is 0 Å². The van der Waals surface area contributed by atoms with Gasteiger partial charge in [-0.05, 0) is 30.5 Å². The highest BCUT2D eigenvalue weighted by Gasteiger charge is 2.45. The summed E-state index contributed by atoms with van der Waals surface area (Å²) in [5, 5.41) is 0.298. The highest BCUT2D eigenvalue weighted by atomic mass is 35.5. The molecule has 1 amide bonds. The first-order valence-corrected chi connectivity index (χ1v) is 10.5. The number of halogens is 3. The molecule has 0 saturated carbocycles. The lowest BCUT2D eigenvalue weighted by atomic mass is 9.73. The van der Waals surface area contributed by atoms with Crippen LogP contribution in [0.5, 0.6) is 0 Å². The average Bonchev–Trinajstić information content (AvgIpc) is 2.77. The van der Waals surface area contributed by atoms with Gasteiger partial charge in [-0.25, -0.2) is 4.39 Å². The van der Waals surface area contributed by atoms with Crippen molar-refractivity contribution in [1.29, 1.82) is 0 Å². The molecule has 4 rings (SSSR count). The van der Waals surface area contributed by atoms with Crippen molar-refractivity contribution in [3.05, 3.63) is 69.5 Å². The molecule has 154 valence electrons. The van der Waals surface area contributed by atoms with Crippen molar-refractivity contribution in [1.82, 2.24) is 4.90 Å². The van der Waals surface area contributed by atoms with E-state index < -0.39 is 17.3 Å². The molecule has 0 bridgehead atoms. The van der Waals surface area contributed by atoms with Gasteiger partial charge >= 0.3 is 0 Å². The number of ether oxygens (including phenoxy) is 2. The SMILES string of the molecule is O=C(N1CCOC(c2cc(F)c(Cl)cc2Cl)C1)C1(c2ccccc2)CCOCC1. The maximum atomic E-state index is 14.0. The van der Waals surface area contributed by atoms with Crippen molar-refractivity contribution in [2.75, 3.05) is 32.9 Å². The van der Waals surface area contributed by atoms with Gasteiger partial charge in [0.05, 0.1) is 23.6 Å². The van der Waals surface area contributed by atoms with Crippen LogP contribution < -0.4 is 0 Å². The Kier molecular flexibility index (Phi) is 6.11. The fraction of sp³-hybridized carbons (Fsp3) is 0.409. The molecule has 1 atom stereocenters. The quantitative estimate of drug-likeness (QED) is 0.648. The van der Waals surface area contributed by atoms with E-state index in [1.165, 1.54) is 12.1 Å². The third kappa shape index (κ3) is 4.02. The molecule has 0 aliphatic carbocycles. The minimum Gasteiger partial charge on any atom is -0.381 e. The topological polar surface area (TPSA) is 38.8 Å². The zero-order chi connectivity index (χ0) is 20.4. The third-order valence-corrected chi connectivity index (χ3v) is 6.44. The van der Waals surface area contributed by atoms with E-state index in [1.807, 2.05) is 35.2 Å². The lowest BCUT2D eigenvalue weighted by Gasteiger charge is -2.43. The van der Waals surface area contributed by atoms with Gasteiger partial charge in [0.1, 0.15) is 11.9 Å². The Morgan fingerprint density at radius 2 is 1.79 bits per heavy atom. The molecule has 0 radical (unpaired) electrons. The van der Waals surface area contributed by atoms with Crippen molar-refractivity contribution < 1.29 is 18.7 Å². The van der Waals surface area contributed by atoms with Crippen molar-refractivity contribution >= 4 is 29.1 Å². The zero-order valence-corrected chi connectivity index (χ0v) is 17.4. The fourth-order valence-corrected chi connectivity index (χ4v) is 4.72. The van der Waals surface area contributed by atoms with Crippen LogP contribution in [0.4, 0.5) is 4.39 Å². The molecule has 2 aromatic rings. The highest BCUT2D eigenvalue weighted by molar-refractivity contribution is 6.35. The molecule has 29 heavy (non-hydrogen) atoms. The summed E-state index contributed by atoms with van der Waals surface area (Å²) < 4.78 is 25.4. The summed E-state index contributed by atoms with van der Waals surface area (Å²) in [5.74, 6) is -0.492. The molecule has 2 aliphatic rings. The lowest BCUT2D eigenvalue weighted by Crippen LogP contribution is -2.53. The Labute approximate surface area is 179 Å². The van der Waals surface area contributed by atoms with Crippen molar-refractivity contribution in [2.45, 2.75) is 24.4 Å². The minimum absolute atomic E-state index is 0.0345. The predicted molar refractivity (Wildman–Crippen MR) is 110 cm³/mol. The first kappa shape index (κ1) is 20.6. The number of carbonyl (C=O) groups is 1. The summed E-state index contributed by atoms with van der Waals surface area (Å²) in [5.41, 5.74) is 0.898. The van der Waals surface area contributed by atoms with Crippen LogP contribution in [0.3, 0.4) is 0 Å². The standard InChI is InChI=1S/C22H22Cl2FNO3/c23-17-13-18(24)19(25)12-16(17)20-14-26(8-11-29-20)21(27)22(6-9-28-10-7-22)15-4-2-1-3-5-15/h1-5,12-13,20H,6-11,14H2. The van der Waals surface area contributed by atoms with Crippen LogP contribution in [-0.2, 0) is 19.7 Å². The second-order valence-corrected chi connectivity index (χ2v) is 8.27. The van der Waals surface area contributed by atoms with Crippen molar-refractivity contribution in [3.8, 4) is 0 Å². The van der Waals surface area contributed by atoms with E-state index in [0.717, 1.165) is 5.56 Å². The molecular weight excluding hydrogens is 416 g/mol. The van der Waals surface area contributed by atoms with Gasteiger partial charge in [0.25, 0.3) is 0 Å². The monoisotopic (exact) mass is 437 g/mol. The molecule has 0 N–H and O–H groups in total. The number of benzene rings is 2. The summed E-state index contributed by atoms with van der Waals surface area (Å²) >= 11 is 12.1. The summed E-state index contributed by atoms with van der Waals surface area (Å²) in [6.07, 6.45) is 0.766. The van der Waals surface area contributed by atoms with E-state index in [9.17, 15) is 9.18 Å². The first-order chi connectivity index (χ1) is 14.0. The number of rotatable bonds is 3. The molecule has 1 unspecified atom stereocenters. The average molecular weight is 438 g/mol. The second kappa shape index (κ2) is 8.60. The van der Waals surface area contributed by atoms with Crippen molar-refractivity contribution in [2.24, 2.45) is 0 Å². The Morgan fingerprint density at radius 3 is 2.52 bits per heavy atom. The van der Waals surface area contributed by atoms with Crippen LogP contribution in [0.15, 0.2) is 42.5 Å². The van der Waals surface area contributed by atoms with Gasteiger partial charge in [0.15, 0.2) is 0 Å². The summed E-state index contributed by atoms with van der Waals surface area (Å²) in [4.78, 5) is 15.6. The van der Waals surface area contributed by atoms with Gasteiger partial charge in [-0.2, -0.15) is 0 Å². The van der Waals surface area contributed by atoms with Gasteiger partial charge in [-0.15, -0.1) is 0 Å². The molecule has 2 saturated heterocycles. The minimum atomic E-state index is -0.615. The van der Waals surface area contributed by atoms with Gasteiger partial charge in [0.2, 0.25) is 5.91 Å². The van der Waals surface area contributed by atoms with E-state index in [2.05, 4.69) is 0 Å². The molecule has 0 spiro atoms. The maximum absolute atomic E-state index is 14.0. The van der Waals surface area contributed by atoms with E-state index in [0.29, 0.717) is 56.3 Å². The zero-order valence-electron chi connectivity index (χ0n) is 15.9. The van der Waals surface area contributed by atoms with Crippen molar-refractivity contribution in [3.63, 3.8) is 0 Å². The molecule has 2 fully saturated rings. The Hall–Kier alpha value is -1.66. The molecule has 7 heteroatoms. The first-order valence-electron chi connectivity index (χ1n) is 9.70. The number of amides is 1. The highest BCUT2D eigenvalue weighted by Crippen LogP contribution is 2.39. The number of hydrogen-bond acceptors (Lipinski definition) is 3. The molecule has 2 aromatic carbocycles. The lowest BCUT2D eigenvalue weighted by molar-refractivity contribution is -0.149. The largest absolute Gasteiger partial charge is 0.381 e. The molecular formula is C22H22Cl2FNO3. The Bertz CT molecular complexity index is 887. The summed E-state index contributed by atoms with van der Waals surface area (Å²) in [6, 6.07) is 12.5. The Balaban J connectivity index is 1.62. The fourth-order valence-electron chi connectivity index (χ4n) is 4.21. The van der Waals surface area contributed by atoms with Gasteiger partial charge in [0, 0.05) is 30.3 Å². The number of carbonyl (C=O) groups excluding carboxylic acids is 1. The molecule has 2 aliphatic heterocycles. The third-order valence-electron chi connectivity index (χ3n) is 5.82. The van der Waals surface area contributed by atoms with Crippen LogP contribution in [0.2, 0.25) is 10.0 Å².